The van der Waals surface area contributed by atoms with Crippen LogP contribution in [0.1, 0.15) is 29.8 Å². The number of aromatic nitrogens is 1. The van der Waals surface area contributed by atoms with Gasteiger partial charge in [0.05, 0.1) is 20.4 Å². The van der Waals surface area contributed by atoms with Crippen LogP contribution in [0.2, 0.25) is 0 Å². The first-order valence-corrected chi connectivity index (χ1v) is 10.6. The summed E-state index contributed by atoms with van der Waals surface area (Å²) < 4.78 is 27.6. The summed E-state index contributed by atoms with van der Waals surface area (Å²) in [5.41, 5.74) is 2.42. The van der Waals surface area contributed by atoms with Crippen LogP contribution < -0.4 is 4.80 Å². The summed E-state index contributed by atoms with van der Waals surface area (Å²) in [5, 5.41) is -0.548. The molecular formula is C19H20N2O3S2. The van der Waals surface area contributed by atoms with Crippen molar-refractivity contribution in [2.45, 2.75) is 30.9 Å². The van der Waals surface area contributed by atoms with E-state index in [9.17, 15) is 13.2 Å². The Bertz CT molecular complexity index is 1170. The first-order chi connectivity index (χ1) is 12.2. The van der Waals surface area contributed by atoms with Gasteiger partial charge in [-0.3, -0.25) is 4.79 Å². The topological polar surface area (TPSA) is 68.5 Å². The Hall–Kier alpha value is -2.25. The van der Waals surface area contributed by atoms with E-state index in [2.05, 4.69) is 4.99 Å². The maximum Gasteiger partial charge on any atom is 0.279 e. The van der Waals surface area contributed by atoms with E-state index in [4.69, 9.17) is 0 Å². The van der Waals surface area contributed by atoms with E-state index in [1.807, 2.05) is 36.7 Å². The van der Waals surface area contributed by atoms with Crippen LogP contribution in [-0.4, -0.2) is 24.1 Å². The van der Waals surface area contributed by atoms with Crippen molar-refractivity contribution in [3.05, 3.63) is 58.4 Å². The van der Waals surface area contributed by atoms with Crippen LogP contribution in [0.25, 0.3) is 10.2 Å². The number of hydrogen-bond donors (Lipinski definition) is 0. The molecule has 0 fully saturated rings. The van der Waals surface area contributed by atoms with Gasteiger partial charge < -0.3 is 4.57 Å². The first kappa shape index (κ1) is 18.5. The monoisotopic (exact) mass is 388 g/mol. The fraction of sp³-hybridized carbons (Fsp3) is 0.263. The Morgan fingerprint density at radius 1 is 1.15 bits per heavy atom. The molecule has 1 heterocycles. The van der Waals surface area contributed by atoms with Gasteiger partial charge in [-0.2, -0.15) is 4.99 Å². The van der Waals surface area contributed by atoms with E-state index < -0.39 is 21.0 Å². The number of nitrogens with zero attached hydrogens (tertiary/aromatic N) is 2. The highest BCUT2D eigenvalue weighted by atomic mass is 32.2. The molecule has 3 rings (SSSR count). The molecular weight excluding hydrogens is 368 g/mol. The molecule has 3 aromatic rings. The second-order valence-corrected chi connectivity index (χ2v) is 9.92. The quantitative estimate of drug-likeness (QED) is 0.690. The standard InChI is InChI=1S/C19H20N2O3S2/c1-12(2)26(23,24)15-9-6-8-14(11-15)18(22)20-19-21(4)17-13(3)7-5-10-16(17)25-19/h5-12H,1-4H3. The fourth-order valence-electron chi connectivity index (χ4n) is 2.73. The average Bonchev–Trinajstić information content (AvgIpc) is 2.92. The third-order valence-electron chi connectivity index (χ3n) is 4.25. The second kappa shape index (κ2) is 6.81. The Morgan fingerprint density at radius 2 is 1.85 bits per heavy atom. The highest BCUT2D eigenvalue weighted by Gasteiger charge is 2.20. The number of sulfone groups is 1. The third kappa shape index (κ3) is 3.24. The lowest BCUT2D eigenvalue weighted by Crippen LogP contribution is -2.16. The molecule has 0 aliphatic rings. The third-order valence-corrected chi connectivity index (χ3v) is 7.50. The Balaban J connectivity index is 2.08. The zero-order valence-electron chi connectivity index (χ0n) is 15.1. The molecule has 0 atom stereocenters. The molecule has 0 spiro atoms. The van der Waals surface area contributed by atoms with Gasteiger partial charge in [0, 0.05) is 12.6 Å². The molecule has 1 aromatic heterocycles. The molecule has 2 aromatic carbocycles. The summed E-state index contributed by atoms with van der Waals surface area (Å²) in [7, 11) is -1.56. The number of benzene rings is 2. The van der Waals surface area contributed by atoms with Crippen molar-refractivity contribution in [1.29, 1.82) is 0 Å². The summed E-state index contributed by atoms with van der Waals surface area (Å²) >= 11 is 1.43. The van der Waals surface area contributed by atoms with Gasteiger partial charge in [-0.05, 0) is 50.6 Å². The number of carbonyl (C=O) groups is 1. The van der Waals surface area contributed by atoms with E-state index in [1.54, 1.807) is 26.0 Å². The first-order valence-electron chi connectivity index (χ1n) is 8.20. The lowest BCUT2D eigenvalue weighted by atomic mass is 10.2. The largest absolute Gasteiger partial charge is 0.319 e. The number of thiazole rings is 1. The summed E-state index contributed by atoms with van der Waals surface area (Å²) in [6, 6.07) is 12.1. The molecule has 136 valence electrons. The number of hydrogen-bond acceptors (Lipinski definition) is 4. The van der Waals surface area contributed by atoms with Gasteiger partial charge in [0.2, 0.25) is 0 Å². The molecule has 5 nitrogen and oxygen atoms in total. The Kier molecular flexibility index (Phi) is 4.86. The number of fused-ring (bicyclic) bond motifs is 1. The van der Waals surface area contributed by atoms with Gasteiger partial charge in [0.1, 0.15) is 0 Å². The Labute approximate surface area is 156 Å². The summed E-state index contributed by atoms with van der Waals surface area (Å²) in [5.74, 6) is -0.453. The maximum atomic E-state index is 12.6. The highest BCUT2D eigenvalue weighted by molar-refractivity contribution is 7.92. The zero-order valence-corrected chi connectivity index (χ0v) is 16.7. The fourth-order valence-corrected chi connectivity index (χ4v) is 4.93. The summed E-state index contributed by atoms with van der Waals surface area (Å²) in [4.78, 5) is 17.6. The van der Waals surface area contributed by atoms with E-state index in [-0.39, 0.29) is 10.5 Å². The van der Waals surface area contributed by atoms with Gasteiger partial charge in [-0.25, -0.2) is 8.42 Å². The van der Waals surface area contributed by atoms with Crippen molar-refractivity contribution in [1.82, 2.24) is 4.57 Å². The van der Waals surface area contributed by atoms with Crippen molar-refractivity contribution < 1.29 is 13.2 Å². The predicted octanol–water partition coefficient (Wildman–Crippen LogP) is 3.47. The molecule has 1 amide bonds. The second-order valence-electron chi connectivity index (χ2n) is 6.40. The van der Waals surface area contributed by atoms with Crippen LogP contribution in [0.15, 0.2) is 52.4 Å². The highest BCUT2D eigenvalue weighted by Crippen LogP contribution is 2.20. The van der Waals surface area contributed by atoms with Crippen LogP contribution in [0.3, 0.4) is 0 Å². The predicted molar refractivity (Wildman–Crippen MR) is 104 cm³/mol. The molecule has 0 N–H and O–H groups in total. The van der Waals surface area contributed by atoms with Gasteiger partial charge >= 0.3 is 0 Å². The van der Waals surface area contributed by atoms with Crippen LogP contribution in [0.4, 0.5) is 0 Å². The van der Waals surface area contributed by atoms with E-state index in [1.165, 1.54) is 23.5 Å². The number of para-hydroxylation sites is 1. The van der Waals surface area contributed by atoms with Crippen molar-refractivity contribution in [3.63, 3.8) is 0 Å². The van der Waals surface area contributed by atoms with Gasteiger partial charge in [0.25, 0.3) is 5.91 Å². The molecule has 0 saturated heterocycles. The van der Waals surface area contributed by atoms with Gasteiger partial charge in [-0.15, -0.1) is 0 Å². The molecule has 7 heteroatoms. The SMILES string of the molecule is Cc1cccc2sc(=NC(=O)c3cccc(S(=O)(=O)C(C)C)c3)n(C)c12. The van der Waals surface area contributed by atoms with Crippen molar-refractivity contribution in [3.8, 4) is 0 Å². The van der Waals surface area contributed by atoms with Gasteiger partial charge in [0.15, 0.2) is 14.6 Å². The van der Waals surface area contributed by atoms with Crippen LogP contribution in [-0.2, 0) is 16.9 Å². The molecule has 0 unspecified atom stereocenters. The summed E-state index contributed by atoms with van der Waals surface area (Å²) in [6.07, 6.45) is 0. The lowest BCUT2D eigenvalue weighted by molar-refractivity contribution is 0.0997. The normalized spacial score (nSPS) is 12.9. The Morgan fingerprint density at radius 3 is 2.50 bits per heavy atom. The molecule has 0 bridgehead atoms. The van der Waals surface area contributed by atoms with Crippen molar-refractivity contribution in [2.75, 3.05) is 0 Å². The molecule has 0 radical (unpaired) electrons. The van der Waals surface area contributed by atoms with E-state index >= 15 is 0 Å². The van der Waals surface area contributed by atoms with Gasteiger partial charge in [-0.1, -0.05) is 29.5 Å². The lowest BCUT2D eigenvalue weighted by Gasteiger charge is -2.08. The minimum atomic E-state index is -3.44. The minimum absolute atomic E-state index is 0.144. The number of rotatable bonds is 3. The maximum absolute atomic E-state index is 12.6. The zero-order chi connectivity index (χ0) is 19.1. The average molecular weight is 389 g/mol. The van der Waals surface area contributed by atoms with Crippen LogP contribution in [0, 0.1) is 6.92 Å². The van der Waals surface area contributed by atoms with E-state index in [0.29, 0.717) is 4.80 Å². The van der Waals surface area contributed by atoms with Crippen LogP contribution in [0.5, 0.6) is 0 Å². The summed E-state index contributed by atoms with van der Waals surface area (Å²) in [6.45, 7) is 5.25. The van der Waals surface area contributed by atoms with E-state index in [0.717, 1.165) is 15.8 Å². The van der Waals surface area contributed by atoms with Crippen LogP contribution >= 0.6 is 11.3 Å². The van der Waals surface area contributed by atoms with Crippen molar-refractivity contribution in [2.24, 2.45) is 12.0 Å². The van der Waals surface area contributed by atoms with Crippen molar-refractivity contribution >= 4 is 37.3 Å². The number of carbonyl (C=O) groups excluding carboxylic acids is 1. The number of aryl methyl sites for hydroxylation is 2. The smallest absolute Gasteiger partial charge is 0.279 e. The molecule has 26 heavy (non-hydrogen) atoms. The molecule has 0 aliphatic carbocycles. The molecule has 0 saturated carbocycles. The number of amides is 1. The molecule has 0 aliphatic heterocycles. The minimum Gasteiger partial charge on any atom is -0.319 e.